The van der Waals surface area contributed by atoms with Gasteiger partial charge < -0.3 is 15.4 Å². The van der Waals surface area contributed by atoms with Crippen molar-refractivity contribution in [1.29, 1.82) is 0 Å². The van der Waals surface area contributed by atoms with Gasteiger partial charge in [0, 0.05) is 18.8 Å². The molecule has 0 radical (unpaired) electrons. The van der Waals surface area contributed by atoms with Crippen LogP contribution in [0, 0.1) is 0 Å². The molecule has 0 bridgehead atoms. The van der Waals surface area contributed by atoms with Gasteiger partial charge in [-0.2, -0.15) is 11.8 Å². The van der Waals surface area contributed by atoms with Crippen LogP contribution in [0.15, 0.2) is 6.33 Å². The minimum atomic E-state index is 0.341. The molecular formula is C11H20N4OS. The van der Waals surface area contributed by atoms with Crippen LogP contribution in [0.4, 0.5) is 11.6 Å². The van der Waals surface area contributed by atoms with Gasteiger partial charge in [0.05, 0.1) is 7.11 Å². The van der Waals surface area contributed by atoms with E-state index < -0.39 is 0 Å². The number of methoxy groups -OCH3 is 1. The Morgan fingerprint density at radius 3 is 2.71 bits per heavy atom. The first-order valence-electron chi connectivity index (χ1n) is 5.63. The zero-order valence-electron chi connectivity index (χ0n) is 10.8. The molecule has 0 fully saturated rings. The van der Waals surface area contributed by atoms with E-state index in [-0.39, 0.29) is 0 Å². The van der Waals surface area contributed by atoms with Crippen LogP contribution >= 0.6 is 11.8 Å². The fourth-order valence-electron chi connectivity index (χ4n) is 1.42. The van der Waals surface area contributed by atoms with Crippen LogP contribution in [-0.4, -0.2) is 41.7 Å². The molecule has 17 heavy (non-hydrogen) atoms. The van der Waals surface area contributed by atoms with Crippen molar-refractivity contribution in [3.8, 4) is 5.75 Å². The molecule has 96 valence electrons. The van der Waals surface area contributed by atoms with Gasteiger partial charge in [-0.15, -0.1) is 0 Å². The van der Waals surface area contributed by atoms with Crippen LogP contribution < -0.4 is 15.4 Å². The minimum absolute atomic E-state index is 0.341. The monoisotopic (exact) mass is 256 g/mol. The lowest BCUT2D eigenvalue weighted by molar-refractivity contribution is 0.414. The number of nitrogens with one attached hydrogen (secondary N) is 2. The Kier molecular flexibility index (Phi) is 5.90. The fourth-order valence-corrected chi connectivity index (χ4v) is 2.09. The second-order valence-corrected chi connectivity index (χ2v) is 4.88. The number of rotatable bonds is 7. The van der Waals surface area contributed by atoms with Crippen molar-refractivity contribution in [2.45, 2.75) is 19.9 Å². The maximum absolute atomic E-state index is 5.32. The van der Waals surface area contributed by atoms with Gasteiger partial charge in [-0.1, -0.05) is 6.92 Å². The lowest BCUT2D eigenvalue weighted by atomic mass is 10.3. The third kappa shape index (κ3) is 3.96. The Morgan fingerprint density at radius 1 is 1.41 bits per heavy atom. The Labute approximate surface area is 107 Å². The Hall–Kier alpha value is -1.17. The van der Waals surface area contributed by atoms with Gasteiger partial charge >= 0.3 is 0 Å². The predicted molar refractivity (Wildman–Crippen MR) is 74.2 cm³/mol. The second-order valence-electron chi connectivity index (χ2n) is 3.56. The van der Waals surface area contributed by atoms with Crippen molar-refractivity contribution < 1.29 is 4.74 Å². The quantitative estimate of drug-likeness (QED) is 0.779. The molecule has 0 aliphatic heterocycles. The van der Waals surface area contributed by atoms with Crippen molar-refractivity contribution in [1.82, 2.24) is 9.97 Å². The summed E-state index contributed by atoms with van der Waals surface area (Å²) in [5.74, 6) is 4.24. The van der Waals surface area contributed by atoms with Gasteiger partial charge in [-0.05, 0) is 12.7 Å². The highest BCUT2D eigenvalue weighted by Gasteiger charge is 2.12. The van der Waals surface area contributed by atoms with E-state index in [0.29, 0.717) is 17.6 Å². The summed E-state index contributed by atoms with van der Waals surface area (Å²) in [4.78, 5) is 8.32. The molecule has 0 saturated carbocycles. The van der Waals surface area contributed by atoms with Crippen molar-refractivity contribution in [2.75, 3.05) is 36.3 Å². The van der Waals surface area contributed by atoms with Gasteiger partial charge in [0.2, 0.25) is 5.75 Å². The van der Waals surface area contributed by atoms with E-state index in [2.05, 4.69) is 34.4 Å². The SMILES string of the molecule is CCSCC(C)Nc1ncnc(NC)c1OC. The molecule has 0 aromatic carbocycles. The largest absolute Gasteiger partial charge is 0.490 e. The summed E-state index contributed by atoms with van der Waals surface area (Å²) in [6, 6.07) is 0.341. The van der Waals surface area contributed by atoms with Crippen molar-refractivity contribution in [3.63, 3.8) is 0 Å². The first-order valence-corrected chi connectivity index (χ1v) is 6.79. The summed E-state index contributed by atoms with van der Waals surface area (Å²) in [6.45, 7) is 4.28. The topological polar surface area (TPSA) is 59.1 Å². The molecule has 1 aromatic rings. The molecule has 6 heteroatoms. The van der Waals surface area contributed by atoms with E-state index in [1.165, 1.54) is 6.33 Å². The maximum Gasteiger partial charge on any atom is 0.204 e. The van der Waals surface area contributed by atoms with Crippen LogP contribution in [0.5, 0.6) is 5.75 Å². The summed E-state index contributed by atoms with van der Waals surface area (Å²) in [6.07, 6.45) is 1.52. The molecule has 1 rings (SSSR count). The molecule has 0 spiro atoms. The van der Waals surface area contributed by atoms with Crippen LogP contribution in [-0.2, 0) is 0 Å². The number of anilines is 2. The summed E-state index contributed by atoms with van der Waals surface area (Å²) >= 11 is 1.90. The Morgan fingerprint density at radius 2 is 2.12 bits per heavy atom. The molecule has 0 amide bonds. The third-order valence-corrected chi connectivity index (χ3v) is 3.34. The summed E-state index contributed by atoms with van der Waals surface area (Å²) in [5, 5.41) is 6.32. The molecule has 5 nitrogen and oxygen atoms in total. The predicted octanol–water partition coefficient (Wildman–Crippen LogP) is 2.08. The minimum Gasteiger partial charge on any atom is -0.490 e. The standard InChI is InChI=1S/C11H20N4OS/c1-5-17-6-8(2)15-11-9(16-4)10(12-3)13-7-14-11/h7-8H,5-6H2,1-4H3,(H2,12,13,14,15). The normalized spacial score (nSPS) is 12.0. The smallest absolute Gasteiger partial charge is 0.204 e. The van der Waals surface area contributed by atoms with E-state index in [0.717, 1.165) is 17.3 Å². The highest BCUT2D eigenvalue weighted by atomic mass is 32.2. The summed E-state index contributed by atoms with van der Waals surface area (Å²) in [5.41, 5.74) is 0. The molecular weight excluding hydrogens is 236 g/mol. The van der Waals surface area contributed by atoms with Gasteiger partial charge in [-0.3, -0.25) is 0 Å². The van der Waals surface area contributed by atoms with E-state index >= 15 is 0 Å². The molecule has 0 aliphatic rings. The Balaban J connectivity index is 2.75. The summed E-state index contributed by atoms with van der Waals surface area (Å²) in [7, 11) is 3.43. The van der Waals surface area contributed by atoms with Gasteiger partial charge in [0.25, 0.3) is 0 Å². The van der Waals surface area contributed by atoms with Crippen LogP contribution in [0.3, 0.4) is 0 Å². The van der Waals surface area contributed by atoms with Crippen LogP contribution in [0.25, 0.3) is 0 Å². The molecule has 1 atom stereocenters. The van der Waals surface area contributed by atoms with E-state index in [1.54, 1.807) is 7.11 Å². The Bertz CT molecular complexity index is 348. The fraction of sp³-hybridized carbons (Fsp3) is 0.636. The summed E-state index contributed by atoms with van der Waals surface area (Å²) < 4.78 is 5.32. The number of hydrogen-bond donors (Lipinski definition) is 2. The molecule has 1 aromatic heterocycles. The second kappa shape index (κ2) is 7.21. The average molecular weight is 256 g/mol. The highest BCUT2D eigenvalue weighted by molar-refractivity contribution is 7.99. The van der Waals surface area contributed by atoms with Gasteiger partial charge in [0.1, 0.15) is 6.33 Å². The third-order valence-electron chi connectivity index (χ3n) is 2.20. The van der Waals surface area contributed by atoms with Crippen LogP contribution in [0.2, 0.25) is 0 Å². The van der Waals surface area contributed by atoms with Gasteiger partial charge in [0.15, 0.2) is 11.6 Å². The maximum atomic E-state index is 5.32. The number of hydrogen-bond acceptors (Lipinski definition) is 6. The van der Waals surface area contributed by atoms with Gasteiger partial charge in [-0.25, -0.2) is 9.97 Å². The number of aromatic nitrogens is 2. The molecule has 0 saturated heterocycles. The van der Waals surface area contributed by atoms with E-state index in [4.69, 9.17) is 4.74 Å². The van der Waals surface area contributed by atoms with Crippen LogP contribution in [0.1, 0.15) is 13.8 Å². The molecule has 2 N–H and O–H groups in total. The molecule has 0 aliphatic carbocycles. The van der Waals surface area contributed by atoms with Crippen molar-refractivity contribution in [3.05, 3.63) is 6.33 Å². The number of nitrogens with zero attached hydrogens (tertiary/aromatic N) is 2. The molecule has 1 unspecified atom stereocenters. The average Bonchev–Trinajstić information content (AvgIpc) is 2.35. The zero-order valence-corrected chi connectivity index (χ0v) is 11.6. The lowest BCUT2D eigenvalue weighted by Crippen LogP contribution is -2.19. The number of ether oxygens (including phenoxy) is 1. The first kappa shape index (κ1) is 13.9. The lowest BCUT2D eigenvalue weighted by Gasteiger charge is -2.17. The highest BCUT2D eigenvalue weighted by Crippen LogP contribution is 2.29. The van der Waals surface area contributed by atoms with Crippen molar-refractivity contribution in [2.24, 2.45) is 0 Å². The first-order chi connectivity index (χ1) is 8.22. The number of thioether (sulfide) groups is 1. The zero-order chi connectivity index (χ0) is 12.7. The van der Waals surface area contributed by atoms with Crippen molar-refractivity contribution >= 4 is 23.4 Å². The van der Waals surface area contributed by atoms with E-state index in [1.807, 2.05) is 18.8 Å². The van der Waals surface area contributed by atoms with E-state index in [9.17, 15) is 0 Å². The molecule has 1 heterocycles.